The van der Waals surface area contributed by atoms with E-state index in [1.807, 2.05) is 5.32 Å². The van der Waals surface area contributed by atoms with Crippen LogP contribution in [0.2, 0.25) is 0 Å². The molecule has 41 nitrogen and oxygen atoms in total. The Kier molecular flexibility index (Phi) is 42.4. The molecule has 2 unspecified atom stereocenters. The van der Waals surface area contributed by atoms with Gasteiger partial charge in [-0.15, -0.1) is 0 Å². The van der Waals surface area contributed by atoms with Crippen LogP contribution in [0.3, 0.4) is 0 Å². The highest BCUT2D eigenvalue weighted by Gasteiger charge is 2.30. The van der Waals surface area contributed by atoms with Gasteiger partial charge < -0.3 is 88.3 Å². The maximum absolute atomic E-state index is 14.1. The molecule has 0 aliphatic carbocycles. The number of carbonyl (C=O) groups excluding carboxylic acids is 6. The number of hydrogen-bond acceptors (Lipinski definition) is 24. The molecule has 2 aliphatic rings. The van der Waals surface area contributed by atoms with E-state index in [0.717, 1.165) is 0 Å². The molecule has 0 aromatic rings. The highest BCUT2D eigenvalue weighted by molar-refractivity contribution is 5.91. The molecule has 0 aromatic carbocycles. The van der Waals surface area contributed by atoms with Crippen LogP contribution in [-0.4, -0.2) is 386 Å². The number of nitrogens with zero attached hydrogens (tertiary/aromatic N) is 8. The molecule has 566 valence electrons. The number of carbonyl (C=O) groups is 16. The van der Waals surface area contributed by atoms with Gasteiger partial charge in [0, 0.05) is 144 Å². The Labute approximate surface area is 575 Å². The van der Waals surface area contributed by atoms with E-state index in [0.29, 0.717) is 0 Å². The Balaban J connectivity index is 2.19. The van der Waals surface area contributed by atoms with Gasteiger partial charge in [-0.3, -0.25) is 96.7 Å². The summed E-state index contributed by atoms with van der Waals surface area (Å²) in [5.74, 6) is -15.9. The fourth-order valence-corrected chi connectivity index (χ4v) is 10.6. The van der Waals surface area contributed by atoms with Crippen LogP contribution in [0.4, 0.5) is 4.79 Å². The highest BCUT2D eigenvalue weighted by Crippen LogP contribution is 2.10. The molecule has 100 heavy (non-hydrogen) atoms. The first-order valence-corrected chi connectivity index (χ1v) is 32.7. The largest absolute Gasteiger partial charge is 0.481 e. The van der Waals surface area contributed by atoms with E-state index in [4.69, 9.17) is 5.11 Å². The number of unbranched alkanes of at least 4 members (excludes halogenated alkanes) is 2. The van der Waals surface area contributed by atoms with Crippen molar-refractivity contribution in [1.82, 2.24) is 76.4 Å². The Morgan fingerprint density at radius 2 is 0.510 bits per heavy atom. The van der Waals surface area contributed by atoms with Crippen LogP contribution >= 0.6 is 0 Å². The molecule has 0 saturated carbocycles. The minimum absolute atomic E-state index is 0.0130. The first kappa shape index (κ1) is 87.1. The predicted octanol–water partition coefficient (Wildman–Crippen LogP) is -6.69. The lowest BCUT2D eigenvalue weighted by atomic mass is 10.1. The zero-order valence-corrected chi connectivity index (χ0v) is 56.0. The van der Waals surface area contributed by atoms with Gasteiger partial charge in [0.2, 0.25) is 29.5 Å². The van der Waals surface area contributed by atoms with E-state index < -0.39 is 158 Å². The molecule has 2 rings (SSSR count). The second kappa shape index (κ2) is 48.7. The Morgan fingerprint density at radius 3 is 0.820 bits per heavy atom. The average Bonchev–Trinajstić information content (AvgIpc) is 0.903. The zero-order chi connectivity index (χ0) is 74.7. The topological polar surface area (TPSA) is 586 Å². The molecule has 2 aliphatic heterocycles. The van der Waals surface area contributed by atoms with Crippen molar-refractivity contribution in [3.05, 3.63) is 0 Å². The van der Waals surface area contributed by atoms with Crippen LogP contribution in [0.15, 0.2) is 0 Å². The lowest BCUT2D eigenvalue weighted by Crippen LogP contribution is -2.54. The monoisotopic (exact) mass is 1430 g/mol. The summed E-state index contributed by atoms with van der Waals surface area (Å²) < 4.78 is 0. The molecule has 0 spiro atoms. The lowest BCUT2D eigenvalue weighted by Gasteiger charge is -2.33. The van der Waals surface area contributed by atoms with Crippen molar-refractivity contribution in [2.24, 2.45) is 0 Å². The molecule has 2 fully saturated rings. The first-order valence-electron chi connectivity index (χ1n) is 32.7. The average molecular weight is 1430 g/mol. The number of rotatable bonds is 44. The molecule has 0 aromatic heterocycles. The van der Waals surface area contributed by atoms with E-state index >= 15 is 0 Å². The Bertz CT molecular complexity index is 2670. The fraction of sp³-hybridized carbons (Fsp3) is 0.729. The third-order valence-corrected chi connectivity index (χ3v) is 15.9. The van der Waals surface area contributed by atoms with Gasteiger partial charge in [0.15, 0.2) is 0 Å². The van der Waals surface area contributed by atoms with Crippen LogP contribution in [0.5, 0.6) is 0 Å². The lowest BCUT2D eigenvalue weighted by molar-refractivity contribution is -0.143. The molecule has 0 radical (unpaired) electrons. The number of nitrogens with one attached hydrogen (secondary N) is 7. The maximum atomic E-state index is 14.1. The predicted molar refractivity (Wildman–Crippen MR) is 345 cm³/mol. The third kappa shape index (κ3) is 42.1. The van der Waals surface area contributed by atoms with Gasteiger partial charge >= 0.3 is 65.7 Å². The van der Waals surface area contributed by atoms with Crippen LogP contribution in [0, 0.1) is 0 Å². The summed E-state index contributed by atoms with van der Waals surface area (Å²) in [7, 11) is 0. The normalized spacial score (nSPS) is 17.0. The van der Waals surface area contributed by atoms with E-state index in [9.17, 15) is 123 Å². The molecule has 4 atom stereocenters. The Hall–Kier alpha value is -9.00. The summed E-state index contributed by atoms with van der Waals surface area (Å²) >= 11 is 0. The van der Waals surface area contributed by atoms with Crippen molar-refractivity contribution < 1.29 is 128 Å². The van der Waals surface area contributed by atoms with E-state index in [1.165, 1.54) is 0 Å². The fourth-order valence-electron chi connectivity index (χ4n) is 10.6. The van der Waals surface area contributed by atoms with Crippen molar-refractivity contribution in [3.8, 4) is 0 Å². The van der Waals surface area contributed by atoms with Gasteiger partial charge in [0.1, 0.15) is 24.2 Å². The summed E-state index contributed by atoms with van der Waals surface area (Å²) in [6.45, 7) is -1.16. The van der Waals surface area contributed by atoms with Gasteiger partial charge in [0.05, 0.1) is 52.4 Å². The van der Waals surface area contributed by atoms with Crippen LogP contribution < -0.4 is 37.2 Å². The number of hydrogen-bond donors (Lipinski definition) is 17. The molecule has 7 amide bonds. The van der Waals surface area contributed by atoms with E-state index in [-0.39, 0.29) is 215 Å². The minimum atomic E-state index is -1.60. The second-order valence-corrected chi connectivity index (χ2v) is 24.1. The second-order valence-electron chi connectivity index (χ2n) is 24.1. The number of carboxylic acids is 10. The summed E-state index contributed by atoms with van der Waals surface area (Å²) in [5, 5.41) is 113. The maximum Gasteiger partial charge on any atom is 0.326 e. The van der Waals surface area contributed by atoms with Gasteiger partial charge in [-0.25, -0.2) is 19.2 Å². The zero-order valence-electron chi connectivity index (χ0n) is 56.0. The van der Waals surface area contributed by atoms with Crippen LogP contribution in [0.25, 0.3) is 0 Å². The van der Waals surface area contributed by atoms with Crippen molar-refractivity contribution >= 4 is 95.3 Å². The number of carboxylic acid groups (broad SMARTS) is 10. The van der Waals surface area contributed by atoms with Crippen molar-refractivity contribution in [3.63, 3.8) is 0 Å². The molecule has 2 heterocycles. The number of aliphatic carboxylic acids is 10. The Morgan fingerprint density at radius 1 is 0.250 bits per heavy atom. The molecular formula is C59H99N15O26. The highest BCUT2D eigenvalue weighted by atomic mass is 16.4. The SMILES string of the molecule is O=C(O)CC[C@H](NC(=O)N[C@@H](CCCCNC(=O)CCC(=O)NCCCC(NC(=O)C(CCCCNC(=O)CN1CCN(CC(=O)O)CCN(CC(=O)O)CCN(CC(=O)O)CC1)NC(=O)CN1CCN(CC(=O)O)CCN(CC(=O)O)CCN(CC(=O)O)CC1)C(=O)O)C(=O)O)C(=O)O. The third-order valence-electron chi connectivity index (χ3n) is 15.9. The molecule has 41 heteroatoms. The molecule has 17 N–H and O–H groups in total. The van der Waals surface area contributed by atoms with E-state index in [2.05, 4.69) is 31.9 Å². The van der Waals surface area contributed by atoms with Gasteiger partial charge in [-0.2, -0.15) is 0 Å². The van der Waals surface area contributed by atoms with Crippen LogP contribution in [-0.2, 0) is 71.9 Å². The van der Waals surface area contributed by atoms with Crippen molar-refractivity contribution in [2.75, 3.05) is 177 Å². The van der Waals surface area contributed by atoms with Gasteiger partial charge in [-0.05, 0) is 57.8 Å². The number of urea groups is 1. The summed E-state index contributed by atoms with van der Waals surface area (Å²) in [6, 6.07) is -7.18. The molecular weight excluding hydrogens is 1330 g/mol. The molecule has 0 bridgehead atoms. The smallest absolute Gasteiger partial charge is 0.326 e. The van der Waals surface area contributed by atoms with Crippen LogP contribution in [0.1, 0.15) is 77.0 Å². The summed E-state index contributed by atoms with van der Waals surface area (Å²) in [6.07, 6.45) is -1.38. The van der Waals surface area contributed by atoms with Gasteiger partial charge in [0.25, 0.3) is 0 Å². The number of amides is 7. The summed E-state index contributed by atoms with van der Waals surface area (Å²) in [4.78, 5) is 209. The quantitative estimate of drug-likeness (QED) is 0.0252. The minimum Gasteiger partial charge on any atom is -0.481 e. The summed E-state index contributed by atoms with van der Waals surface area (Å²) in [5.41, 5.74) is 0. The standard InChI is InChI=1S/C59H99N15O26/c75-44(60-13-4-2-7-42(57(96)97)65-59(100)66-43(58(98)99)9-12-48(79)80)10-11-45(76)61-15-5-8-41(56(94)95)64-55(93)40(63-47(78)33-68-18-22-71(36-51(85)86)26-30-74(39-54(91)92)31-27-72(23-19-68)37-52(87)88)6-1-3-14-62-46(77)32-67-16-20-69(34-49(81)82)24-28-73(38-53(89)90)29-25-70(21-17-67)35-50(83)84/h40-43H,1-39H2,(H,60,75)(H,61,76)(H,62,77)(H,63,78)(H,64,93)(H,79,80)(H,81,82)(H,83,84)(H,85,86)(H,87,88)(H,89,90)(H,91,92)(H,94,95)(H,96,97)(H,98,99)(H2,65,66,100)/t40?,41?,42-,43-/m0/s1. The van der Waals surface area contributed by atoms with Crippen molar-refractivity contribution in [1.29, 1.82) is 0 Å². The van der Waals surface area contributed by atoms with Crippen molar-refractivity contribution in [2.45, 2.75) is 101 Å². The van der Waals surface area contributed by atoms with E-state index in [1.54, 1.807) is 39.2 Å². The van der Waals surface area contributed by atoms with Gasteiger partial charge in [-0.1, -0.05) is 0 Å². The molecule has 2 saturated heterocycles. The first-order chi connectivity index (χ1) is 47.3.